The molecule has 5 atom stereocenters. The smallest absolute Gasteiger partial charge is 0.125 e. The van der Waals surface area contributed by atoms with Crippen molar-refractivity contribution in [3.05, 3.63) is 5.21 Å². The van der Waals surface area contributed by atoms with E-state index in [0.717, 1.165) is 12.5 Å². The number of hydroxylamine groups is 2. The Balaban J connectivity index is 1.91. The molecule has 4 unspecified atom stereocenters. The first-order chi connectivity index (χ1) is 5.36. The normalized spacial score (nSPS) is 60.3. The highest BCUT2D eigenvalue weighted by molar-refractivity contribution is 4.97. The van der Waals surface area contributed by atoms with Gasteiger partial charge in [-0.2, -0.15) is 0 Å². The summed E-state index contributed by atoms with van der Waals surface area (Å²) >= 11 is 0. The maximum absolute atomic E-state index is 11.2. The average molecular weight is 155 g/mol. The summed E-state index contributed by atoms with van der Waals surface area (Å²) < 4.78 is 0. The van der Waals surface area contributed by atoms with Crippen molar-refractivity contribution in [1.29, 1.82) is 0 Å². The standard InChI is InChI=1S/C8H13NO2/c10-9-8-6-2-1-5(3-6)7(8)4-11-9/h5-9H,1-4H2/t5?,6-,7?,8?/m1/s1. The van der Waals surface area contributed by atoms with E-state index in [2.05, 4.69) is 0 Å². The molecule has 1 aliphatic heterocycles. The highest BCUT2D eigenvalue weighted by atomic mass is 16.9. The zero-order valence-electron chi connectivity index (χ0n) is 6.45. The zero-order valence-corrected chi connectivity index (χ0v) is 6.45. The number of nitrogens with one attached hydrogen (secondary N) is 1. The van der Waals surface area contributed by atoms with E-state index in [1.807, 2.05) is 0 Å². The lowest BCUT2D eigenvalue weighted by Gasteiger charge is -2.26. The monoisotopic (exact) mass is 155 g/mol. The molecular formula is C8H13NO2. The summed E-state index contributed by atoms with van der Waals surface area (Å²) in [6, 6.07) is 0.314. The highest BCUT2D eigenvalue weighted by Gasteiger charge is 2.55. The molecule has 0 aromatic carbocycles. The lowest BCUT2D eigenvalue weighted by atomic mass is 9.86. The van der Waals surface area contributed by atoms with Gasteiger partial charge >= 0.3 is 0 Å². The molecule has 3 nitrogen and oxygen atoms in total. The van der Waals surface area contributed by atoms with Gasteiger partial charge in [0.1, 0.15) is 12.6 Å². The third-order valence-electron chi connectivity index (χ3n) is 3.78. The summed E-state index contributed by atoms with van der Waals surface area (Å²) in [5.41, 5.74) is 0. The zero-order chi connectivity index (χ0) is 7.42. The minimum absolute atomic E-state index is 0.0993. The third-order valence-corrected chi connectivity index (χ3v) is 3.78. The number of hydrogen-bond donors (Lipinski definition) is 1. The summed E-state index contributed by atoms with van der Waals surface area (Å²) in [6.07, 6.45) is 3.94. The Morgan fingerprint density at radius 3 is 2.91 bits per heavy atom. The Hall–Kier alpha value is -0.120. The molecule has 0 amide bonds. The van der Waals surface area contributed by atoms with Crippen molar-refractivity contribution < 1.29 is 10.1 Å². The van der Waals surface area contributed by atoms with Crippen molar-refractivity contribution in [2.45, 2.75) is 25.3 Å². The van der Waals surface area contributed by atoms with E-state index in [-0.39, 0.29) is 5.23 Å². The van der Waals surface area contributed by atoms with E-state index in [0.29, 0.717) is 17.9 Å². The molecule has 0 radical (unpaired) electrons. The van der Waals surface area contributed by atoms with E-state index in [4.69, 9.17) is 4.84 Å². The Morgan fingerprint density at radius 1 is 1.27 bits per heavy atom. The van der Waals surface area contributed by atoms with Gasteiger partial charge in [0.05, 0.1) is 0 Å². The molecule has 1 N–H and O–H groups in total. The summed E-state index contributed by atoms with van der Waals surface area (Å²) in [5, 5.41) is 11.3. The van der Waals surface area contributed by atoms with E-state index >= 15 is 0 Å². The van der Waals surface area contributed by atoms with Gasteiger partial charge in [0.2, 0.25) is 0 Å². The van der Waals surface area contributed by atoms with Crippen molar-refractivity contribution in [2.24, 2.45) is 17.8 Å². The third kappa shape index (κ3) is 0.687. The predicted octanol–water partition coefficient (Wildman–Crippen LogP) is -0.271. The molecular weight excluding hydrogens is 142 g/mol. The van der Waals surface area contributed by atoms with E-state index in [1.54, 1.807) is 0 Å². The molecule has 3 heteroatoms. The van der Waals surface area contributed by atoms with Crippen LogP contribution in [0.5, 0.6) is 0 Å². The molecule has 1 saturated heterocycles. The quantitative estimate of drug-likeness (QED) is 0.489. The highest BCUT2D eigenvalue weighted by Crippen LogP contribution is 2.48. The van der Waals surface area contributed by atoms with Gasteiger partial charge in [0.25, 0.3) is 0 Å². The minimum atomic E-state index is 0.0993. The summed E-state index contributed by atoms with van der Waals surface area (Å²) in [6.45, 7) is 0.727. The van der Waals surface area contributed by atoms with Crippen LogP contribution in [0.4, 0.5) is 0 Å². The molecule has 2 bridgehead atoms. The first-order valence-corrected chi connectivity index (χ1v) is 4.53. The maximum atomic E-state index is 11.2. The lowest BCUT2D eigenvalue weighted by molar-refractivity contribution is -1.06. The van der Waals surface area contributed by atoms with Crippen molar-refractivity contribution in [3.8, 4) is 0 Å². The summed E-state index contributed by atoms with van der Waals surface area (Å²) in [7, 11) is 0. The van der Waals surface area contributed by atoms with E-state index < -0.39 is 0 Å². The van der Waals surface area contributed by atoms with Gasteiger partial charge in [0.15, 0.2) is 0 Å². The molecule has 2 aliphatic carbocycles. The minimum Gasteiger partial charge on any atom is -0.600 e. The van der Waals surface area contributed by atoms with Crippen LogP contribution in [0.1, 0.15) is 19.3 Å². The van der Waals surface area contributed by atoms with Gasteiger partial charge < -0.3 is 5.21 Å². The van der Waals surface area contributed by atoms with Crippen LogP contribution in [0.15, 0.2) is 0 Å². The Bertz CT molecular complexity index is 185. The average Bonchev–Trinajstić information content (AvgIpc) is 2.60. The van der Waals surface area contributed by atoms with Crippen LogP contribution in [0.25, 0.3) is 0 Å². The van der Waals surface area contributed by atoms with Gasteiger partial charge in [-0.25, -0.2) is 10.1 Å². The summed E-state index contributed by atoms with van der Waals surface area (Å²) in [4.78, 5) is 5.06. The van der Waals surface area contributed by atoms with Crippen LogP contribution >= 0.6 is 0 Å². The Kier molecular flexibility index (Phi) is 1.15. The fourth-order valence-corrected chi connectivity index (χ4v) is 3.29. The second-order valence-corrected chi connectivity index (χ2v) is 4.15. The molecule has 3 fully saturated rings. The molecule has 1 heterocycles. The molecule has 0 aromatic rings. The Morgan fingerprint density at radius 2 is 2.09 bits per heavy atom. The van der Waals surface area contributed by atoms with Gasteiger partial charge in [-0.05, 0) is 25.2 Å². The van der Waals surface area contributed by atoms with Crippen LogP contribution in [0.2, 0.25) is 0 Å². The number of quaternary nitrogens is 1. The molecule has 0 spiro atoms. The van der Waals surface area contributed by atoms with Crippen molar-refractivity contribution in [1.82, 2.24) is 0 Å². The van der Waals surface area contributed by atoms with Crippen LogP contribution in [-0.2, 0) is 4.84 Å². The number of hydrogen-bond acceptors (Lipinski definition) is 2. The van der Waals surface area contributed by atoms with Gasteiger partial charge in [-0.3, -0.25) is 0 Å². The van der Waals surface area contributed by atoms with E-state index in [9.17, 15) is 5.21 Å². The van der Waals surface area contributed by atoms with Crippen molar-refractivity contribution in [2.75, 3.05) is 6.61 Å². The molecule has 3 aliphatic rings. The second-order valence-electron chi connectivity index (χ2n) is 4.15. The lowest BCUT2D eigenvalue weighted by Crippen LogP contribution is -3.09. The first kappa shape index (κ1) is 6.40. The molecule has 11 heavy (non-hydrogen) atoms. The molecule has 62 valence electrons. The van der Waals surface area contributed by atoms with E-state index in [1.165, 1.54) is 19.3 Å². The van der Waals surface area contributed by atoms with Gasteiger partial charge in [0, 0.05) is 11.8 Å². The Labute approximate surface area is 65.9 Å². The fraction of sp³-hybridized carbons (Fsp3) is 1.00. The van der Waals surface area contributed by atoms with Crippen LogP contribution in [-0.4, -0.2) is 12.6 Å². The second kappa shape index (κ2) is 1.97. The summed E-state index contributed by atoms with van der Waals surface area (Å²) in [5.74, 6) is 2.14. The first-order valence-electron chi connectivity index (χ1n) is 4.53. The van der Waals surface area contributed by atoms with Gasteiger partial charge in [-0.1, -0.05) is 0 Å². The molecule has 0 aromatic heterocycles. The van der Waals surface area contributed by atoms with Crippen LogP contribution in [0, 0.1) is 23.0 Å². The topological polar surface area (TPSA) is 36.7 Å². The fourth-order valence-electron chi connectivity index (χ4n) is 3.29. The molecule has 3 rings (SSSR count). The number of fused-ring (bicyclic) bond motifs is 5. The van der Waals surface area contributed by atoms with Crippen LogP contribution < -0.4 is 5.23 Å². The molecule has 2 saturated carbocycles. The van der Waals surface area contributed by atoms with Crippen molar-refractivity contribution in [3.63, 3.8) is 0 Å². The van der Waals surface area contributed by atoms with Crippen molar-refractivity contribution >= 4 is 0 Å². The number of rotatable bonds is 0. The van der Waals surface area contributed by atoms with Crippen LogP contribution in [0.3, 0.4) is 0 Å². The van der Waals surface area contributed by atoms with Gasteiger partial charge in [-0.15, -0.1) is 0 Å². The largest absolute Gasteiger partial charge is 0.600 e. The predicted molar refractivity (Wildman–Crippen MR) is 38.4 cm³/mol. The maximum Gasteiger partial charge on any atom is 0.125 e. The SMILES string of the molecule is [O-][NH+]1OCC2C3CC[C@H](C3)C21.